The maximum Gasteiger partial charge on any atom is 0.230 e. The van der Waals surface area contributed by atoms with Gasteiger partial charge in [0.1, 0.15) is 5.82 Å². The van der Waals surface area contributed by atoms with E-state index in [0.29, 0.717) is 10.0 Å². The second-order valence-corrected chi connectivity index (χ2v) is 3.08. The molecule has 0 fully saturated rings. The van der Waals surface area contributed by atoms with Crippen molar-refractivity contribution in [2.45, 2.75) is 6.54 Å². The quantitative estimate of drug-likeness (QED) is 0.582. The van der Waals surface area contributed by atoms with Crippen molar-refractivity contribution in [3.8, 4) is 0 Å². The third-order valence-corrected chi connectivity index (χ3v) is 2.08. The Labute approximate surface area is 76.5 Å². The van der Waals surface area contributed by atoms with Crippen LogP contribution in [0.3, 0.4) is 0 Å². The van der Waals surface area contributed by atoms with Gasteiger partial charge < -0.3 is 0 Å². The zero-order chi connectivity index (χ0) is 9.14. The first kappa shape index (κ1) is 9.12. The molecule has 1 rings (SSSR count). The van der Waals surface area contributed by atoms with Crippen LogP contribution in [0.2, 0.25) is 0 Å². The molecule has 0 aliphatic rings. The van der Waals surface area contributed by atoms with Crippen molar-refractivity contribution in [2.24, 2.45) is 0 Å². The second-order valence-electron chi connectivity index (χ2n) is 2.23. The molecular weight excluding hydrogens is 229 g/mol. The van der Waals surface area contributed by atoms with E-state index < -0.39 is 10.7 Å². The average Bonchev–Trinajstić information content (AvgIpc) is 1.96. The third-order valence-electron chi connectivity index (χ3n) is 1.31. The van der Waals surface area contributed by atoms with Gasteiger partial charge in [-0.1, -0.05) is 15.9 Å². The Morgan fingerprint density at radius 2 is 2.25 bits per heavy atom. The highest BCUT2D eigenvalue weighted by Crippen LogP contribution is 2.18. The van der Waals surface area contributed by atoms with Gasteiger partial charge in [-0.05, 0) is 18.2 Å². The summed E-state index contributed by atoms with van der Waals surface area (Å²) in [5.74, 6) is -0.463. The lowest BCUT2D eigenvalue weighted by molar-refractivity contribution is -0.497. The maximum atomic E-state index is 12.6. The van der Waals surface area contributed by atoms with Crippen molar-refractivity contribution in [3.05, 3.63) is 44.2 Å². The summed E-state index contributed by atoms with van der Waals surface area (Å²) < 4.78 is 13.1. The number of rotatable bonds is 2. The average molecular weight is 234 g/mol. The lowest BCUT2D eigenvalue weighted by atomic mass is 10.2. The van der Waals surface area contributed by atoms with Gasteiger partial charge in [-0.25, -0.2) is 4.39 Å². The molecule has 64 valence electrons. The van der Waals surface area contributed by atoms with Gasteiger partial charge in [0.15, 0.2) is 0 Å². The largest absolute Gasteiger partial charge is 0.264 e. The van der Waals surface area contributed by atoms with E-state index in [1.165, 1.54) is 12.1 Å². The first-order valence-corrected chi connectivity index (χ1v) is 3.94. The predicted molar refractivity (Wildman–Crippen MR) is 44.8 cm³/mol. The topological polar surface area (TPSA) is 43.1 Å². The molecule has 5 heteroatoms. The lowest BCUT2D eigenvalue weighted by Gasteiger charge is -1.98. The minimum atomic E-state index is -0.500. The lowest BCUT2D eigenvalue weighted by Crippen LogP contribution is -1.99. The van der Waals surface area contributed by atoms with Crippen LogP contribution >= 0.6 is 15.9 Å². The van der Waals surface area contributed by atoms with E-state index in [1.807, 2.05) is 0 Å². The van der Waals surface area contributed by atoms with Crippen LogP contribution < -0.4 is 0 Å². The molecule has 3 nitrogen and oxygen atoms in total. The van der Waals surface area contributed by atoms with Crippen molar-refractivity contribution in [3.63, 3.8) is 0 Å². The molecule has 0 atom stereocenters. The van der Waals surface area contributed by atoms with Crippen molar-refractivity contribution < 1.29 is 9.31 Å². The van der Waals surface area contributed by atoms with Gasteiger partial charge in [0.2, 0.25) is 6.54 Å². The highest BCUT2D eigenvalue weighted by molar-refractivity contribution is 9.10. The summed E-state index contributed by atoms with van der Waals surface area (Å²) in [4.78, 5) is 9.59. The van der Waals surface area contributed by atoms with Crippen LogP contribution in [-0.4, -0.2) is 4.92 Å². The Morgan fingerprint density at radius 3 is 2.83 bits per heavy atom. The molecule has 0 aliphatic heterocycles. The molecular formula is C7H5BrFNO2. The number of halogens is 2. The Morgan fingerprint density at radius 1 is 1.58 bits per heavy atom. The van der Waals surface area contributed by atoms with Crippen LogP contribution in [-0.2, 0) is 6.54 Å². The first-order valence-electron chi connectivity index (χ1n) is 3.15. The van der Waals surface area contributed by atoms with Crippen molar-refractivity contribution in [1.82, 2.24) is 0 Å². The molecule has 0 radical (unpaired) electrons. The minimum absolute atomic E-state index is 0.347. The van der Waals surface area contributed by atoms with Gasteiger partial charge >= 0.3 is 0 Å². The number of benzene rings is 1. The highest BCUT2D eigenvalue weighted by atomic mass is 79.9. The molecule has 0 unspecified atom stereocenters. The van der Waals surface area contributed by atoms with Gasteiger partial charge in [0, 0.05) is 15.0 Å². The smallest absolute Gasteiger partial charge is 0.230 e. The highest BCUT2D eigenvalue weighted by Gasteiger charge is 2.06. The molecule has 0 saturated heterocycles. The number of nitro groups is 1. The molecule has 0 amide bonds. The fraction of sp³-hybridized carbons (Fsp3) is 0.143. The summed E-state index contributed by atoms with van der Waals surface area (Å²) in [5, 5.41) is 10.1. The second kappa shape index (κ2) is 3.62. The summed E-state index contributed by atoms with van der Waals surface area (Å²) in [6, 6.07) is 3.84. The van der Waals surface area contributed by atoms with E-state index in [1.54, 1.807) is 0 Å². The van der Waals surface area contributed by atoms with Crippen LogP contribution in [0, 0.1) is 15.9 Å². The van der Waals surface area contributed by atoms with Crippen LogP contribution in [0.25, 0.3) is 0 Å². The Hall–Kier alpha value is -0.970. The van der Waals surface area contributed by atoms with Gasteiger partial charge in [-0.3, -0.25) is 10.1 Å². The molecule has 0 heterocycles. The van der Waals surface area contributed by atoms with Crippen molar-refractivity contribution in [1.29, 1.82) is 0 Å². The standard InChI is InChI=1S/C7H5BrFNO2/c8-7-2-1-6(9)3-5(7)4-10(11)12/h1-3H,4H2. The van der Waals surface area contributed by atoms with E-state index in [2.05, 4.69) is 15.9 Å². The van der Waals surface area contributed by atoms with Crippen LogP contribution in [0.1, 0.15) is 5.56 Å². The van der Waals surface area contributed by atoms with Crippen LogP contribution in [0.5, 0.6) is 0 Å². The summed E-state index contributed by atoms with van der Waals surface area (Å²) in [6.45, 7) is -0.363. The Bertz CT molecular complexity index is 316. The summed E-state index contributed by atoms with van der Waals surface area (Å²) in [6.07, 6.45) is 0. The minimum Gasteiger partial charge on any atom is -0.264 e. The van der Waals surface area contributed by atoms with Crippen LogP contribution in [0.4, 0.5) is 4.39 Å². The summed E-state index contributed by atoms with van der Waals surface area (Å²) in [7, 11) is 0. The molecule has 0 aliphatic carbocycles. The van der Waals surface area contributed by atoms with Crippen molar-refractivity contribution in [2.75, 3.05) is 0 Å². The Kier molecular flexibility index (Phi) is 2.75. The zero-order valence-electron chi connectivity index (χ0n) is 5.96. The van der Waals surface area contributed by atoms with Gasteiger partial charge in [0.25, 0.3) is 0 Å². The van der Waals surface area contributed by atoms with Crippen molar-refractivity contribution >= 4 is 15.9 Å². The summed E-state index contributed by atoms with van der Waals surface area (Å²) in [5.41, 5.74) is 0.347. The van der Waals surface area contributed by atoms with E-state index >= 15 is 0 Å². The molecule has 1 aromatic carbocycles. The molecule has 0 spiro atoms. The third kappa shape index (κ3) is 2.27. The molecule has 1 aromatic rings. The van der Waals surface area contributed by atoms with Gasteiger partial charge in [-0.15, -0.1) is 0 Å². The van der Waals surface area contributed by atoms with E-state index in [-0.39, 0.29) is 6.54 Å². The Balaban J connectivity index is 2.97. The van der Waals surface area contributed by atoms with E-state index in [0.717, 1.165) is 6.07 Å². The van der Waals surface area contributed by atoms with E-state index in [4.69, 9.17) is 0 Å². The molecule has 0 saturated carbocycles. The molecule has 0 N–H and O–H groups in total. The fourth-order valence-corrected chi connectivity index (χ4v) is 1.18. The number of hydrogen-bond acceptors (Lipinski definition) is 2. The number of hydrogen-bond donors (Lipinski definition) is 0. The molecule has 12 heavy (non-hydrogen) atoms. The predicted octanol–water partition coefficient (Wildman–Crippen LogP) is 2.36. The fourth-order valence-electron chi connectivity index (χ4n) is 0.804. The normalized spacial score (nSPS) is 9.83. The maximum absolute atomic E-state index is 12.6. The number of nitrogens with zero attached hydrogens (tertiary/aromatic N) is 1. The first-order chi connectivity index (χ1) is 5.59. The monoisotopic (exact) mass is 233 g/mol. The molecule has 0 aromatic heterocycles. The van der Waals surface area contributed by atoms with E-state index in [9.17, 15) is 14.5 Å². The molecule has 0 bridgehead atoms. The van der Waals surface area contributed by atoms with Gasteiger partial charge in [0.05, 0.1) is 0 Å². The summed E-state index contributed by atoms with van der Waals surface area (Å²) >= 11 is 3.09. The SMILES string of the molecule is O=[N+]([O-])Cc1cc(F)ccc1Br. The van der Waals surface area contributed by atoms with Crippen LogP contribution in [0.15, 0.2) is 22.7 Å². The zero-order valence-corrected chi connectivity index (χ0v) is 7.54. The van der Waals surface area contributed by atoms with Gasteiger partial charge in [-0.2, -0.15) is 0 Å².